The molecule has 5 heteroatoms. The molecule has 0 radical (unpaired) electrons. The van der Waals surface area contributed by atoms with E-state index in [-0.39, 0.29) is 6.03 Å². The number of hydrogen-bond acceptors (Lipinski definition) is 2. The topological polar surface area (TPSA) is 44.4 Å². The van der Waals surface area contributed by atoms with Crippen molar-refractivity contribution in [3.05, 3.63) is 64.7 Å². The van der Waals surface area contributed by atoms with Crippen LogP contribution in [-0.4, -0.2) is 24.0 Å². The Morgan fingerprint density at radius 3 is 2.71 bits per heavy atom. The quantitative estimate of drug-likeness (QED) is 0.850. The highest BCUT2D eigenvalue weighted by Gasteiger charge is 2.51. The fraction of sp³-hybridized carbons (Fsp3) is 0.188. The number of carbonyl (C=O) groups is 1. The predicted octanol–water partition coefficient (Wildman–Crippen LogP) is 2.99. The van der Waals surface area contributed by atoms with Crippen molar-refractivity contribution in [2.75, 3.05) is 18.4 Å². The molecule has 0 saturated carbocycles. The fourth-order valence-electron chi connectivity index (χ4n) is 3.35. The largest absolute Gasteiger partial charge is 0.323 e. The number of halogens is 1. The lowest BCUT2D eigenvalue weighted by Gasteiger charge is -2.44. The zero-order valence-corrected chi connectivity index (χ0v) is 12.0. The lowest BCUT2D eigenvalue weighted by atomic mass is 9.87. The first-order valence-electron chi connectivity index (χ1n) is 6.91. The van der Waals surface area contributed by atoms with Gasteiger partial charge >= 0.3 is 6.03 Å². The summed E-state index contributed by atoms with van der Waals surface area (Å²) in [5.41, 5.74) is 2.01. The summed E-state index contributed by atoms with van der Waals surface area (Å²) in [6.45, 7) is 1.37. The Bertz CT molecular complexity index is 719. The van der Waals surface area contributed by atoms with Crippen LogP contribution < -0.4 is 10.6 Å². The van der Waals surface area contributed by atoms with Gasteiger partial charge in [-0.15, -0.1) is 0 Å². The van der Waals surface area contributed by atoms with E-state index in [1.807, 2.05) is 53.4 Å². The Labute approximate surface area is 127 Å². The molecule has 1 unspecified atom stereocenters. The van der Waals surface area contributed by atoms with Gasteiger partial charge in [0.25, 0.3) is 0 Å². The lowest BCUT2D eigenvalue weighted by Crippen LogP contribution is -2.56. The normalized spacial score (nSPS) is 23.5. The third-order valence-corrected chi connectivity index (χ3v) is 4.49. The van der Waals surface area contributed by atoms with E-state index in [2.05, 4.69) is 10.6 Å². The van der Waals surface area contributed by atoms with Gasteiger partial charge in [-0.1, -0.05) is 48.0 Å². The van der Waals surface area contributed by atoms with Crippen molar-refractivity contribution in [1.29, 1.82) is 0 Å². The molecule has 0 bridgehead atoms. The van der Waals surface area contributed by atoms with Crippen molar-refractivity contribution in [1.82, 2.24) is 10.2 Å². The minimum atomic E-state index is -0.683. The van der Waals surface area contributed by atoms with Crippen LogP contribution >= 0.6 is 11.6 Å². The van der Waals surface area contributed by atoms with Crippen molar-refractivity contribution >= 4 is 23.3 Å². The fourth-order valence-corrected chi connectivity index (χ4v) is 3.66. The molecule has 0 spiro atoms. The first-order valence-corrected chi connectivity index (χ1v) is 7.29. The number of anilines is 1. The Balaban J connectivity index is 2.05. The van der Waals surface area contributed by atoms with Crippen LogP contribution in [-0.2, 0) is 5.66 Å². The molecule has 21 heavy (non-hydrogen) atoms. The second-order valence-electron chi connectivity index (χ2n) is 5.25. The van der Waals surface area contributed by atoms with Crippen molar-refractivity contribution in [3.8, 4) is 0 Å². The molecule has 2 amide bonds. The third-order valence-electron chi connectivity index (χ3n) is 4.17. The summed E-state index contributed by atoms with van der Waals surface area (Å²) < 4.78 is 0. The number of benzene rings is 2. The minimum Gasteiger partial charge on any atom is -0.307 e. The number of urea groups is 1. The third kappa shape index (κ3) is 1.63. The molecule has 2 heterocycles. The average Bonchev–Trinajstić information content (AvgIpc) is 2.95. The number of nitrogens with one attached hydrogen (secondary N) is 2. The number of nitrogens with zero attached hydrogens (tertiary/aromatic N) is 1. The number of fused-ring (bicyclic) bond motifs is 3. The highest BCUT2D eigenvalue weighted by Crippen LogP contribution is 2.46. The van der Waals surface area contributed by atoms with Gasteiger partial charge in [-0.2, -0.15) is 0 Å². The van der Waals surface area contributed by atoms with Gasteiger partial charge in [0.05, 0.1) is 5.69 Å². The van der Waals surface area contributed by atoms with Gasteiger partial charge in [0, 0.05) is 23.7 Å². The van der Waals surface area contributed by atoms with Gasteiger partial charge in [-0.25, -0.2) is 4.79 Å². The molecule has 2 aliphatic heterocycles. The maximum absolute atomic E-state index is 12.5. The minimum absolute atomic E-state index is 0.0985. The van der Waals surface area contributed by atoms with E-state index in [0.717, 1.165) is 23.4 Å². The summed E-state index contributed by atoms with van der Waals surface area (Å²) in [5.74, 6) is 0. The van der Waals surface area contributed by atoms with Crippen LogP contribution in [0.1, 0.15) is 11.1 Å². The van der Waals surface area contributed by atoms with Crippen molar-refractivity contribution in [2.45, 2.75) is 5.66 Å². The highest BCUT2D eigenvalue weighted by atomic mass is 35.5. The van der Waals surface area contributed by atoms with Crippen LogP contribution in [0.3, 0.4) is 0 Å². The van der Waals surface area contributed by atoms with Gasteiger partial charge in [-0.3, -0.25) is 10.2 Å². The van der Waals surface area contributed by atoms with Crippen molar-refractivity contribution in [2.24, 2.45) is 0 Å². The molecule has 2 aliphatic rings. The predicted molar refractivity (Wildman–Crippen MR) is 82.4 cm³/mol. The van der Waals surface area contributed by atoms with E-state index >= 15 is 0 Å². The zero-order chi connectivity index (χ0) is 14.4. The maximum Gasteiger partial charge on any atom is 0.323 e. The van der Waals surface area contributed by atoms with Crippen molar-refractivity contribution in [3.63, 3.8) is 0 Å². The molecule has 0 aromatic heterocycles. The molecule has 0 aliphatic carbocycles. The molecule has 1 atom stereocenters. The average molecular weight is 300 g/mol. The second kappa shape index (κ2) is 4.48. The van der Waals surface area contributed by atoms with E-state index in [9.17, 15) is 4.79 Å². The van der Waals surface area contributed by atoms with Gasteiger partial charge in [0.1, 0.15) is 0 Å². The number of hydrogen-bond donors (Lipinski definition) is 2. The number of amides is 2. The van der Waals surface area contributed by atoms with Gasteiger partial charge in [0.2, 0.25) is 0 Å². The van der Waals surface area contributed by atoms with Crippen LogP contribution in [0.5, 0.6) is 0 Å². The van der Waals surface area contributed by atoms with E-state index in [1.54, 1.807) is 0 Å². The molecule has 2 aromatic rings. The zero-order valence-electron chi connectivity index (χ0n) is 11.3. The molecular formula is C16H14ClN3O. The summed E-state index contributed by atoms with van der Waals surface area (Å²) >= 11 is 6.48. The molecule has 1 saturated heterocycles. The highest BCUT2D eigenvalue weighted by molar-refractivity contribution is 6.32. The molecular weight excluding hydrogens is 286 g/mol. The van der Waals surface area contributed by atoms with Crippen LogP contribution in [0.2, 0.25) is 5.02 Å². The first-order chi connectivity index (χ1) is 10.2. The Kier molecular flexibility index (Phi) is 2.71. The van der Waals surface area contributed by atoms with E-state index in [1.165, 1.54) is 0 Å². The second-order valence-corrected chi connectivity index (χ2v) is 5.65. The Morgan fingerprint density at radius 2 is 1.90 bits per heavy atom. The number of carbonyl (C=O) groups excluding carboxylic acids is 1. The van der Waals surface area contributed by atoms with Crippen LogP contribution in [0.25, 0.3) is 0 Å². The van der Waals surface area contributed by atoms with E-state index in [4.69, 9.17) is 11.6 Å². The van der Waals surface area contributed by atoms with Crippen LogP contribution in [0, 0.1) is 0 Å². The maximum atomic E-state index is 12.5. The molecule has 4 rings (SSSR count). The van der Waals surface area contributed by atoms with Crippen LogP contribution in [0.15, 0.2) is 48.5 Å². The summed E-state index contributed by atoms with van der Waals surface area (Å²) in [5, 5.41) is 7.07. The molecule has 1 fully saturated rings. The van der Waals surface area contributed by atoms with E-state index < -0.39 is 5.66 Å². The summed E-state index contributed by atoms with van der Waals surface area (Å²) in [7, 11) is 0. The Morgan fingerprint density at radius 1 is 1.10 bits per heavy atom. The van der Waals surface area contributed by atoms with E-state index in [0.29, 0.717) is 11.6 Å². The molecule has 2 N–H and O–H groups in total. The summed E-state index contributed by atoms with van der Waals surface area (Å²) in [6, 6.07) is 15.5. The molecule has 106 valence electrons. The smallest absolute Gasteiger partial charge is 0.307 e. The lowest BCUT2D eigenvalue weighted by molar-refractivity contribution is 0.165. The summed E-state index contributed by atoms with van der Waals surface area (Å²) in [4.78, 5) is 14.3. The van der Waals surface area contributed by atoms with Gasteiger partial charge < -0.3 is 5.32 Å². The van der Waals surface area contributed by atoms with Gasteiger partial charge in [0.15, 0.2) is 5.66 Å². The first kappa shape index (κ1) is 12.7. The molecule has 2 aromatic carbocycles. The molecule has 4 nitrogen and oxygen atoms in total. The number of rotatable bonds is 1. The standard InChI is InChI=1S/C16H14ClN3O/c17-12-7-4-8-13-14(12)16(11-5-2-1-3-6-11)18-9-10-20(16)15(21)19-13/h1-8,18H,9-10H2,(H,19,21). The van der Waals surface area contributed by atoms with Crippen molar-refractivity contribution < 1.29 is 4.79 Å². The van der Waals surface area contributed by atoms with Gasteiger partial charge in [-0.05, 0) is 17.7 Å². The van der Waals surface area contributed by atoms with Crippen LogP contribution in [0.4, 0.5) is 10.5 Å². The Hall–Kier alpha value is -2.04. The summed E-state index contributed by atoms with van der Waals surface area (Å²) in [6.07, 6.45) is 0. The SMILES string of the molecule is O=C1Nc2cccc(Cl)c2C2(c3ccccc3)NCCN12. The monoisotopic (exact) mass is 299 g/mol.